The molecule has 0 amide bonds. The maximum Gasteiger partial charge on any atom is 0.180 e. The molecule has 0 aliphatic rings. The lowest BCUT2D eigenvalue weighted by Gasteiger charge is -2.08. The van der Waals surface area contributed by atoms with Crippen LogP contribution in [0.2, 0.25) is 0 Å². The van der Waals surface area contributed by atoms with Gasteiger partial charge in [0.2, 0.25) is 0 Å². The Bertz CT molecular complexity index is 729. The number of aryl methyl sites for hydroxylation is 1. The molecule has 0 atom stereocenters. The van der Waals surface area contributed by atoms with Gasteiger partial charge < -0.3 is 5.11 Å². The predicted octanol–water partition coefficient (Wildman–Crippen LogP) is 2.28. The highest BCUT2D eigenvalue weighted by Crippen LogP contribution is 2.31. The third-order valence-electron chi connectivity index (χ3n) is 3.38. The Morgan fingerprint density at radius 2 is 1.75 bits per heavy atom. The van der Waals surface area contributed by atoms with E-state index in [-0.39, 0.29) is 10.6 Å². The van der Waals surface area contributed by atoms with Crippen LogP contribution in [0.15, 0.2) is 29.2 Å². The molecule has 0 fully saturated rings. The number of sulfone groups is 1. The van der Waals surface area contributed by atoms with Crippen LogP contribution < -0.4 is 0 Å². The minimum atomic E-state index is -3.28. The summed E-state index contributed by atoms with van der Waals surface area (Å²) < 4.78 is 25.7. The van der Waals surface area contributed by atoms with E-state index in [1.165, 1.54) is 0 Å². The van der Waals surface area contributed by atoms with Crippen LogP contribution in [0.5, 0.6) is 5.75 Å². The number of hydrogen-bond donors (Lipinski definition) is 1. The second-order valence-electron chi connectivity index (χ2n) is 5.02. The van der Waals surface area contributed by atoms with Gasteiger partial charge in [0.05, 0.1) is 15.8 Å². The summed E-state index contributed by atoms with van der Waals surface area (Å²) in [5.41, 5.74) is 1.81. The van der Waals surface area contributed by atoms with Gasteiger partial charge in [0.1, 0.15) is 5.69 Å². The molecule has 1 aromatic carbocycles. The Morgan fingerprint density at radius 3 is 2.15 bits per heavy atom. The van der Waals surface area contributed by atoms with Gasteiger partial charge in [-0.3, -0.25) is 4.68 Å². The van der Waals surface area contributed by atoms with Crippen LogP contribution in [0.4, 0.5) is 0 Å². The first kappa shape index (κ1) is 14.6. The zero-order valence-electron chi connectivity index (χ0n) is 12.0. The van der Waals surface area contributed by atoms with Gasteiger partial charge in [-0.25, -0.2) is 8.42 Å². The Labute approximate surface area is 118 Å². The second kappa shape index (κ2) is 4.94. The average Bonchev–Trinajstić information content (AvgIpc) is 2.66. The van der Waals surface area contributed by atoms with E-state index >= 15 is 0 Å². The molecule has 0 saturated carbocycles. The van der Waals surface area contributed by atoms with Crippen LogP contribution in [0, 0.1) is 6.92 Å². The Morgan fingerprint density at radius 1 is 1.20 bits per heavy atom. The van der Waals surface area contributed by atoms with Gasteiger partial charge in [-0.2, -0.15) is 5.10 Å². The SMILES string of the molecule is Cc1c(O)c(-c2ccc(S(=O)(=O)C(C)C)cc2)nn1C. The Kier molecular flexibility index (Phi) is 3.60. The van der Waals surface area contributed by atoms with E-state index in [0.29, 0.717) is 17.0 Å². The lowest BCUT2D eigenvalue weighted by molar-refractivity contribution is 0.471. The summed E-state index contributed by atoms with van der Waals surface area (Å²) in [5.74, 6) is 0.118. The largest absolute Gasteiger partial charge is 0.504 e. The zero-order chi connectivity index (χ0) is 15.1. The fourth-order valence-corrected chi connectivity index (χ4v) is 2.93. The summed E-state index contributed by atoms with van der Waals surface area (Å²) in [6.07, 6.45) is 0. The molecule has 108 valence electrons. The Balaban J connectivity index is 2.46. The standard InChI is InChI=1S/C14H18N2O3S/c1-9(2)20(18,19)12-7-5-11(6-8-12)13-14(17)10(3)16(4)15-13/h5-9,17H,1-4H3. The fourth-order valence-electron chi connectivity index (χ4n) is 1.87. The maximum absolute atomic E-state index is 12.0. The van der Waals surface area contributed by atoms with Gasteiger partial charge in [0.15, 0.2) is 15.6 Å². The minimum absolute atomic E-state index is 0.118. The number of aromatic nitrogens is 2. The molecule has 0 radical (unpaired) electrons. The molecule has 0 spiro atoms. The zero-order valence-corrected chi connectivity index (χ0v) is 12.8. The van der Waals surface area contributed by atoms with Crippen LogP contribution >= 0.6 is 0 Å². The first-order valence-corrected chi connectivity index (χ1v) is 7.86. The third kappa shape index (κ3) is 2.31. The summed E-state index contributed by atoms with van der Waals surface area (Å²) in [6.45, 7) is 5.07. The van der Waals surface area contributed by atoms with Crippen molar-refractivity contribution in [3.63, 3.8) is 0 Å². The summed E-state index contributed by atoms with van der Waals surface area (Å²) in [5, 5.41) is 13.8. The molecular formula is C14H18N2O3S. The number of benzene rings is 1. The Hall–Kier alpha value is -1.82. The van der Waals surface area contributed by atoms with Crippen molar-refractivity contribution in [2.75, 3.05) is 0 Å². The number of aromatic hydroxyl groups is 1. The van der Waals surface area contributed by atoms with Gasteiger partial charge in [0.25, 0.3) is 0 Å². The van der Waals surface area contributed by atoms with Gasteiger partial charge in [-0.15, -0.1) is 0 Å². The van der Waals surface area contributed by atoms with E-state index in [1.807, 2.05) is 0 Å². The van der Waals surface area contributed by atoms with E-state index in [2.05, 4.69) is 5.10 Å². The molecule has 20 heavy (non-hydrogen) atoms. The topological polar surface area (TPSA) is 72.2 Å². The van der Waals surface area contributed by atoms with E-state index in [1.54, 1.807) is 56.8 Å². The van der Waals surface area contributed by atoms with Crippen molar-refractivity contribution < 1.29 is 13.5 Å². The smallest absolute Gasteiger partial charge is 0.180 e. The first-order valence-electron chi connectivity index (χ1n) is 6.32. The second-order valence-corrected chi connectivity index (χ2v) is 7.53. The van der Waals surface area contributed by atoms with Crippen LogP contribution in [-0.4, -0.2) is 28.6 Å². The summed E-state index contributed by atoms with van der Waals surface area (Å²) >= 11 is 0. The molecule has 1 aromatic heterocycles. The quantitative estimate of drug-likeness (QED) is 0.942. The molecular weight excluding hydrogens is 276 g/mol. The van der Waals surface area contributed by atoms with Crippen molar-refractivity contribution in [3.8, 4) is 17.0 Å². The van der Waals surface area contributed by atoms with Crippen LogP contribution in [0.3, 0.4) is 0 Å². The van der Waals surface area contributed by atoms with Crippen LogP contribution in [-0.2, 0) is 16.9 Å². The van der Waals surface area contributed by atoms with E-state index in [0.717, 1.165) is 0 Å². The van der Waals surface area contributed by atoms with Crippen molar-refractivity contribution in [1.82, 2.24) is 9.78 Å². The lowest BCUT2D eigenvalue weighted by Crippen LogP contribution is -2.13. The first-order chi connectivity index (χ1) is 9.25. The van der Waals surface area contributed by atoms with Crippen LogP contribution in [0.25, 0.3) is 11.3 Å². The average molecular weight is 294 g/mol. The molecule has 0 aliphatic carbocycles. The highest BCUT2D eigenvalue weighted by atomic mass is 32.2. The molecule has 6 heteroatoms. The summed E-state index contributed by atoms with van der Waals surface area (Å²) in [4.78, 5) is 0.281. The van der Waals surface area contributed by atoms with E-state index in [4.69, 9.17) is 0 Å². The molecule has 0 unspecified atom stereocenters. The summed E-state index contributed by atoms with van der Waals surface area (Å²) in [6, 6.07) is 6.43. The number of nitrogens with zero attached hydrogens (tertiary/aromatic N) is 2. The van der Waals surface area contributed by atoms with E-state index in [9.17, 15) is 13.5 Å². The fraction of sp³-hybridized carbons (Fsp3) is 0.357. The van der Waals surface area contributed by atoms with Crippen LogP contribution in [0.1, 0.15) is 19.5 Å². The van der Waals surface area contributed by atoms with Crippen molar-refractivity contribution in [2.24, 2.45) is 7.05 Å². The molecule has 0 bridgehead atoms. The highest BCUT2D eigenvalue weighted by Gasteiger charge is 2.20. The minimum Gasteiger partial charge on any atom is -0.504 e. The molecule has 1 N–H and O–H groups in total. The highest BCUT2D eigenvalue weighted by molar-refractivity contribution is 7.92. The molecule has 2 rings (SSSR count). The number of rotatable bonds is 3. The van der Waals surface area contributed by atoms with Crippen molar-refractivity contribution >= 4 is 9.84 Å². The third-order valence-corrected chi connectivity index (χ3v) is 5.55. The molecule has 0 saturated heterocycles. The van der Waals surface area contributed by atoms with E-state index < -0.39 is 15.1 Å². The molecule has 0 aliphatic heterocycles. The maximum atomic E-state index is 12.0. The van der Waals surface area contributed by atoms with Gasteiger partial charge in [-0.1, -0.05) is 12.1 Å². The number of hydrogen-bond acceptors (Lipinski definition) is 4. The molecule has 1 heterocycles. The normalized spacial score (nSPS) is 12.1. The van der Waals surface area contributed by atoms with Crippen molar-refractivity contribution in [3.05, 3.63) is 30.0 Å². The van der Waals surface area contributed by atoms with Gasteiger partial charge in [-0.05, 0) is 32.9 Å². The van der Waals surface area contributed by atoms with Crippen molar-refractivity contribution in [1.29, 1.82) is 0 Å². The monoisotopic (exact) mass is 294 g/mol. The van der Waals surface area contributed by atoms with Gasteiger partial charge >= 0.3 is 0 Å². The molecule has 2 aromatic rings. The summed E-state index contributed by atoms with van der Waals surface area (Å²) in [7, 11) is -1.53. The predicted molar refractivity (Wildman–Crippen MR) is 77.4 cm³/mol. The lowest BCUT2D eigenvalue weighted by atomic mass is 10.1. The molecule has 5 nitrogen and oxygen atoms in total. The van der Waals surface area contributed by atoms with Gasteiger partial charge in [0, 0.05) is 12.6 Å². The van der Waals surface area contributed by atoms with Crippen molar-refractivity contribution in [2.45, 2.75) is 30.9 Å².